The van der Waals surface area contributed by atoms with Crippen molar-refractivity contribution >= 4 is 33.2 Å². The van der Waals surface area contributed by atoms with Crippen LogP contribution in [-0.4, -0.2) is 24.9 Å². The van der Waals surface area contributed by atoms with Crippen LogP contribution in [0.25, 0.3) is 0 Å². The van der Waals surface area contributed by atoms with Gasteiger partial charge in [0, 0.05) is 23.6 Å². The molecule has 0 aliphatic rings. The fourth-order valence-electron chi connectivity index (χ4n) is 1.80. The molecule has 0 radical (unpaired) electrons. The summed E-state index contributed by atoms with van der Waals surface area (Å²) in [5.41, 5.74) is 0.756. The van der Waals surface area contributed by atoms with E-state index in [0.29, 0.717) is 0 Å². The first kappa shape index (κ1) is 16.1. The molecular weight excluding hydrogens is 333 g/mol. The SMILES string of the molecule is CN(Cc1ccc(O)cc1)S(=O)(=O)c1cc(Cl)cc(Cl)c1. The van der Waals surface area contributed by atoms with E-state index < -0.39 is 10.0 Å². The molecule has 0 saturated carbocycles. The molecule has 0 aromatic heterocycles. The van der Waals surface area contributed by atoms with Gasteiger partial charge in [-0.15, -0.1) is 0 Å². The van der Waals surface area contributed by atoms with Crippen LogP contribution in [0.1, 0.15) is 5.56 Å². The molecule has 0 aliphatic heterocycles. The van der Waals surface area contributed by atoms with Crippen molar-refractivity contribution in [2.45, 2.75) is 11.4 Å². The first-order valence-electron chi connectivity index (χ1n) is 5.99. The number of aromatic hydroxyl groups is 1. The molecule has 2 aromatic carbocycles. The molecular formula is C14H13Cl2NO3S. The Morgan fingerprint density at radius 1 is 1.05 bits per heavy atom. The van der Waals surface area contributed by atoms with Crippen LogP contribution in [0.15, 0.2) is 47.4 Å². The molecule has 7 heteroatoms. The van der Waals surface area contributed by atoms with Gasteiger partial charge in [-0.3, -0.25) is 0 Å². The molecule has 0 amide bonds. The second kappa shape index (κ2) is 6.23. The van der Waals surface area contributed by atoms with Crippen LogP contribution in [0, 0.1) is 0 Å². The zero-order valence-corrected chi connectivity index (χ0v) is 13.5. The number of rotatable bonds is 4. The van der Waals surface area contributed by atoms with Gasteiger partial charge in [-0.25, -0.2) is 8.42 Å². The van der Waals surface area contributed by atoms with Gasteiger partial charge < -0.3 is 5.11 Å². The predicted octanol–water partition coefficient (Wildman–Crippen LogP) is 3.52. The number of hydrogen-bond donors (Lipinski definition) is 1. The largest absolute Gasteiger partial charge is 0.508 e. The van der Waals surface area contributed by atoms with Crippen molar-refractivity contribution < 1.29 is 13.5 Å². The molecule has 0 unspecified atom stereocenters. The number of sulfonamides is 1. The molecule has 1 N–H and O–H groups in total. The van der Waals surface area contributed by atoms with Crippen LogP contribution in [0.2, 0.25) is 10.0 Å². The zero-order chi connectivity index (χ0) is 15.6. The van der Waals surface area contributed by atoms with Gasteiger partial charge in [0.1, 0.15) is 5.75 Å². The van der Waals surface area contributed by atoms with E-state index in [4.69, 9.17) is 23.2 Å². The van der Waals surface area contributed by atoms with Crippen LogP contribution in [0.3, 0.4) is 0 Å². The third-order valence-electron chi connectivity index (χ3n) is 2.89. The van der Waals surface area contributed by atoms with Crippen LogP contribution in [0.4, 0.5) is 0 Å². The van der Waals surface area contributed by atoms with Gasteiger partial charge in [0.15, 0.2) is 0 Å². The Balaban J connectivity index is 2.28. The Morgan fingerprint density at radius 3 is 2.10 bits per heavy atom. The number of nitrogens with zero attached hydrogens (tertiary/aromatic N) is 1. The van der Waals surface area contributed by atoms with Crippen molar-refractivity contribution in [2.24, 2.45) is 0 Å². The molecule has 0 fully saturated rings. The average molecular weight is 346 g/mol. The van der Waals surface area contributed by atoms with Crippen molar-refractivity contribution in [3.63, 3.8) is 0 Å². The number of hydrogen-bond acceptors (Lipinski definition) is 3. The molecule has 112 valence electrons. The summed E-state index contributed by atoms with van der Waals surface area (Å²) in [5.74, 6) is 0.130. The summed E-state index contributed by atoms with van der Waals surface area (Å²) in [6, 6.07) is 10.5. The van der Waals surface area contributed by atoms with E-state index in [9.17, 15) is 13.5 Å². The molecule has 0 bridgehead atoms. The first-order valence-corrected chi connectivity index (χ1v) is 8.19. The van der Waals surface area contributed by atoms with Crippen molar-refractivity contribution in [3.8, 4) is 5.75 Å². The average Bonchev–Trinajstić information content (AvgIpc) is 2.40. The lowest BCUT2D eigenvalue weighted by Crippen LogP contribution is -2.26. The van der Waals surface area contributed by atoms with Crippen molar-refractivity contribution in [3.05, 3.63) is 58.1 Å². The number of halogens is 2. The third-order valence-corrected chi connectivity index (χ3v) is 5.10. The second-order valence-electron chi connectivity index (χ2n) is 4.53. The topological polar surface area (TPSA) is 57.6 Å². The highest BCUT2D eigenvalue weighted by molar-refractivity contribution is 7.89. The quantitative estimate of drug-likeness (QED) is 0.922. The van der Waals surface area contributed by atoms with Gasteiger partial charge in [-0.2, -0.15) is 4.31 Å². The molecule has 0 atom stereocenters. The molecule has 0 aliphatic carbocycles. The molecule has 2 rings (SSSR count). The maximum Gasteiger partial charge on any atom is 0.243 e. The standard InChI is InChI=1S/C14H13Cl2NO3S/c1-17(9-10-2-4-13(18)5-3-10)21(19,20)14-7-11(15)6-12(16)8-14/h2-8,18H,9H2,1H3. The fourth-order valence-corrected chi connectivity index (χ4v) is 3.69. The highest BCUT2D eigenvalue weighted by Gasteiger charge is 2.21. The van der Waals surface area contributed by atoms with E-state index in [0.717, 1.165) is 5.56 Å². The lowest BCUT2D eigenvalue weighted by atomic mass is 10.2. The van der Waals surface area contributed by atoms with Crippen LogP contribution in [-0.2, 0) is 16.6 Å². The van der Waals surface area contributed by atoms with Gasteiger partial charge in [0.2, 0.25) is 10.0 Å². The summed E-state index contributed by atoms with van der Waals surface area (Å²) in [5, 5.41) is 9.75. The maximum atomic E-state index is 12.5. The number of benzene rings is 2. The van der Waals surface area contributed by atoms with Gasteiger partial charge in [-0.1, -0.05) is 35.3 Å². The van der Waals surface area contributed by atoms with Gasteiger partial charge in [0.05, 0.1) is 4.90 Å². The third kappa shape index (κ3) is 3.89. The fraction of sp³-hybridized carbons (Fsp3) is 0.143. The maximum absolute atomic E-state index is 12.5. The van der Waals surface area contributed by atoms with E-state index in [-0.39, 0.29) is 27.2 Å². The number of phenolic OH excluding ortho intramolecular Hbond substituents is 1. The molecule has 2 aromatic rings. The Kier molecular flexibility index (Phi) is 4.78. The van der Waals surface area contributed by atoms with E-state index in [1.54, 1.807) is 12.1 Å². The summed E-state index contributed by atoms with van der Waals surface area (Å²) < 4.78 is 26.1. The highest BCUT2D eigenvalue weighted by atomic mass is 35.5. The Bertz CT molecular complexity index is 725. The van der Waals surface area contributed by atoms with E-state index >= 15 is 0 Å². The number of phenols is 1. The van der Waals surface area contributed by atoms with Crippen LogP contribution in [0.5, 0.6) is 5.75 Å². The lowest BCUT2D eigenvalue weighted by molar-refractivity contribution is 0.463. The minimum Gasteiger partial charge on any atom is -0.508 e. The van der Waals surface area contributed by atoms with Crippen molar-refractivity contribution in [1.82, 2.24) is 4.31 Å². The second-order valence-corrected chi connectivity index (χ2v) is 7.45. The predicted molar refractivity (Wildman–Crippen MR) is 83.2 cm³/mol. The van der Waals surface area contributed by atoms with Gasteiger partial charge in [-0.05, 0) is 35.9 Å². The smallest absolute Gasteiger partial charge is 0.243 e. The Morgan fingerprint density at radius 2 is 1.57 bits per heavy atom. The normalized spacial score (nSPS) is 11.8. The summed E-state index contributed by atoms with van der Waals surface area (Å²) in [4.78, 5) is 0.0429. The Labute approximate surface area is 133 Å². The lowest BCUT2D eigenvalue weighted by Gasteiger charge is -2.17. The minimum atomic E-state index is -3.69. The summed E-state index contributed by atoms with van der Waals surface area (Å²) >= 11 is 11.7. The minimum absolute atomic E-state index is 0.0429. The molecule has 4 nitrogen and oxygen atoms in total. The summed E-state index contributed by atoms with van der Waals surface area (Å²) in [6.45, 7) is 0.173. The highest BCUT2D eigenvalue weighted by Crippen LogP contribution is 2.25. The molecule has 0 heterocycles. The summed E-state index contributed by atoms with van der Waals surface area (Å²) in [6.07, 6.45) is 0. The van der Waals surface area contributed by atoms with Gasteiger partial charge >= 0.3 is 0 Å². The van der Waals surface area contributed by atoms with Crippen LogP contribution < -0.4 is 0 Å². The molecule has 0 spiro atoms. The van der Waals surface area contributed by atoms with E-state index in [2.05, 4.69) is 0 Å². The van der Waals surface area contributed by atoms with Crippen molar-refractivity contribution in [2.75, 3.05) is 7.05 Å². The van der Waals surface area contributed by atoms with E-state index in [1.807, 2.05) is 0 Å². The molecule has 21 heavy (non-hydrogen) atoms. The first-order chi connectivity index (χ1) is 9.79. The zero-order valence-electron chi connectivity index (χ0n) is 11.1. The van der Waals surface area contributed by atoms with Crippen molar-refractivity contribution in [1.29, 1.82) is 0 Å². The monoisotopic (exact) mass is 345 g/mol. The summed E-state index contributed by atoms with van der Waals surface area (Å²) in [7, 11) is -2.22. The Hall–Kier alpha value is -1.27. The van der Waals surface area contributed by atoms with Gasteiger partial charge in [0.25, 0.3) is 0 Å². The molecule has 0 saturated heterocycles. The van der Waals surface area contributed by atoms with E-state index in [1.165, 1.54) is 41.7 Å². The van der Waals surface area contributed by atoms with Crippen LogP contribution >= 0.6 is 23.2 Å².